The first-order valence-electron chi connectivity index (χ1n) is 8.26. The number of hydrogen-bond acceptors (Lipinski definition) is 5. The van der Waals surface area contributed by atoms with Crippen LogP contribution in [-0.2, 0) is 17.1 Å². The molecule has 0 radical (unpaired) electrons. The predicted molar refractivity (Wildman–Crippen MR) is 104 cm³/mol. The van der Waals surface area contributed by atoms with E-state index >= 15 is 0 Å². The first-order chi connectivity index (χ1) is 12.9. The number of rotatable bonds is 4. The molecule has 4 rings (SSSR count). The van der Waals surface area contributed by atoms with Crippen LogP contribution < -0.4 is 4.72 Å². The fourth-order valence-electron chi connectivity index (χ4n) is 2.71. The lowest BCUT2D eigenvalue weighted by molar-refractivity contribution is 0.601. The van der Waals surface area contributed by atoms with Gasteiger partial charge >= 0.3 is 0 Å². The van der Waals surface area contributed by atoms with E-state index in [0.717, 1.165) is 16.7 Å². The largest absolute Gasteiger partial charge is 0.275 e. The Morgan fingerprint density at radius 1 is 0.963 bits per heavy atom. The third-order valence-electron chi connectivity index (χ3n) is 4.15. The number of pyridine rings is 2. The fourth-order valence-corrected chi connectivity index (χ4v) is 3.71. The van der Waals surface area contributed by atoms with Crippen LogP contribution in [-0.4, -0.2) is 28.2 Å². The Morgan fingerprint density at radius 2 is 1.74 bits per heavy atom. The van der Waals surface area contributed by atoms with Crippen molar-refractivity contribution in [2.75, 3.05) is 4.72 Å². The maximum atomic E-state index is 12.6. The first kappa shape index (κ1) is 17.2. The molecule has 27 heavy (non-hydrogen) atoms. The zero-order valence-electron chi connectivity index (χ0n) is 14.8. The molecule has 0 spiro atoms. The minimum Gasteiger partial charge on any atom is -0.275 e. The van der Waals surface area contributed by atoms with Gasteiger partial charge in [-0.1, -0.05) is 17.7 Å². The van der Waals surface area contributed by atoms with Crippen LogP contribution in [0.25, 0.3) is 22.2 Å². The normalized spacial score (nSPS) is 11.6. The number of sulfonamides is 1. The van der Waals surface area contributed by atoms with Gasteiger partial charge in [-0.15, -0.1) is 0 Å². The highest BCUT2D eigenvalue weighted by Crippen LogP contribution is 2.23. The highest BCUT2D eigenvalue weighted by atomic mass is 32.2. The maximum Gasteiger partial charge on any atom is 0.263 e. The van der Waals surface area contributed by atoms with Gasteiger partial charge in [-0.05, 0) is 37.3 Å². The molecule has 0 saturated carbocycles. The summed E-state index contributed by atoms with van der Waals surface area (Å²) in [7, 11) is -1.86. The second-order valence-corrected chi connectivity index (χ2v) is 7.96. The molecule has 0 fully saturated rings. The third kappa shape index (κ3) is 3.52. The average Bonchev–Trinajstić information content (AvgIpc) is 3.07. The lowest BCUT2D eigenvalue weighted by Gasteiger charge is -2.09. The number of aryl methyl sites for hydroxylation is 2. The molecule has 1 aromatic carbocycles. The van der Waals surface area contributed by atoms with Crippen molar-refractivity contribution < 1.29 is 8.42 Å². The van der Waals surface area contributed by atoms with E-state index in [2.05, 4.69) is 19.8 Å². The molecule has 0 unspecified atom stereocenters. The van der Waals surface area contributed by atoms with E-state index in [-0.39, 0.29) is 10.7 Å². The minimum atomic E-state index is -3.70. The smallest absolute Gasteiger partial charge is 0.263 e. The summed E-state index contributed by atoms with van der Waals surface area (Å²) in [5.74, 6) is 0.244. The summed E-state index contributed by atoms with van der Waals surface area (Å²) in [6, 6.07) is 11.9. The van der Waals surface area contributed by atoms with Crippen molar-refractivity contribution in [1.82, 2.24) is 19.7 Å². The molecule has 3 heterocycles. The number of anilines is 1. The van der Waals surface area contributed by atoms with Gasteiger partial charge in [0.2, 0.25) is 0 Å². The van der Waals surface area contributed by atoms with Crippen LogP contribution in [0.15, 0.2) is 66.0 Å². The van der Waals surface area contributed by atoms with E-state index in [1.54, 1.807) is 53.5 Å². The van der Waals surface area contributed by atoms with Crippen molar-refractivity contribution in [2.24, 2.45) is 7.05 Å². The van der Waals surface area contributed by atoms with Gasteiger partial charge in [-0.25, -0.2) is 13.4 Å². The molecule has 1 N–H and O–H groups in total. The van der Waals surface area contributed by atoms with E-state index in [9.17, 15) is 8.42 Å². The molecule has 0 aliphatic heterocycles. The Bertz CT molecular complexity index is 1230. The van der Waals surface area contributed by atoms with E-state index in [0.29, 0.717) is 11.0 Å². The number of nitrogens with one attached hydrogen (secondary N) is 1. The number of aromatic nitrogens is 4. The van der Waals surface area contributed by atoms with Gasteiger partial charge < -0.3 is 0 Å². The molecule has 8 heteroatoms. The van der Waals surface area contributed by atoms with Crippen molar-refractivity contribution in [2.45, 2.75) is 11.8 Å². The number of benzene rings is 1. The quantitative estimate of drug-likeness (QED) is 0.588. The number of hydrogen-bond donors (Lipinski definition) is 1. The second kappa shape index (κ2) is 6.48. The van der Waals surface area contributed by atoms with Crippen molar-refractivity contribution in [3.8, 4) is 11.1 Å². The summed E-state index contributed by atoms with van der Waals surface area (Å²) < 4.78 is 29.4. The van der Waals surface area contributed by atoms with Crippen molar-refractivity contribution in [3.63, 3.8) is 0 Å². The molecule has 7 nitrogen and oxygen atoms in total. The number of fused-ring (bicyclic) bond motifs is 1. The summed E-state index contributed by atoms with van der Waals surface area (Å²) in [4.78, 5) is 9.00. The number of nitrogens with zero attached hydrogens (tertiary/aromatic N) is 4. The molecular weight excluding hydrogens is 362 g/mol. The molecule has 0 aliphatic rings. The Kier molecular flexibility index (Phi) is 4.12. The topological polar surface area (TPSA) is 89.8 Å². The van der Waals surface area contributed by atoms with Crippen LogP contribution in [0.5, 0.6) is 0 Å². The lowest BCUT2D eigenvalue weighted by Crippen LogP contribution is -2.13. The standard InChI is InChI=1S/C19H17N5O2S/c1-13-3-5-16(6-4-13)27(25,26)23-19-8-7-17-18(22-19)9-14(10-20-17)15-11-21-24(2)12-15/h3-12H,1-2H3,(H,22,23). The SMILES string of the molecule is Cc1ccc(S(=O)(=O)Nc2ccc3ncc(-c4cnn(C)c4)cc3n2)cc1. The Labute approximate surface area is 156 Å². The second-order valence-electron chi connectivity index (χ2n) is 6.28. The van der Waals surface area contributed by atoms with Crippen molar-refractivity contribution in [3.05, 3.63) is 66.6 Å². The van der Waals surface area contributed by atoms with Crippen LogP contribution in [0, 0.1) is 6.92 Å². The first-order valence-corrected chi connectivity index (χ1v) is 9.74. The average molecular weight is 379 g/mol. The van der Waals surface area contributed by atoms with Crippen LogP contribution >= 0.6 is 0 Å². The molecule has 3 aromatic heterocycles. The van der Waals surface area contributed by atoms with Gasteiger partial charge in [-0.2, -0.15) is 5.10 Å². The molecular formula is C19H17N5O2S. The van der Waals surface area contributed by atoms with E-state index in [4.69, 9.17) is 0 Å². The summed E-state index contributed by atoms with van der Waals surface area (Å²) in [5, 5.41) is 4.16. The summed E-state index contributed by atoms with van der Waals surface area (Å²) in [5.41, 5.74) is 4.05. The fraction of sp³-hybridized carbons (Fsp3) is 0.105. The molecule has 0 amide bonds. The van der Waals surface area contributed by atoms with Crippen LogP contribution in [0.1, 0.15) is 5.56 Å². The Hall–Kier alpha value is -3.26. The Morgan fingerprint density at radius 3 is 2.44 bits per heavy atom. The Balaban J connectivity index is 1.69. The van der Waals surface area contributed by atoms with Gasteiger partial charge in [0.05, 0.1) is 22.1 Å². The minimum absolute atomic E-state index is 0.192. The van der Waals surface area contributed by atoms with Gasteiger partial charge in [0, 0.05) is 30.6 Å². The van der Waals surface area contributed by atoms with Gasteiger partial charge in [0.25, 0.3) is 10.0 Å². The zero-order chi connectivity index (χ0) is 19.0. The zero-order valence-corrected chi connectivity index (χ0v) is 15.6. The summed E-state index contributed by atoms with van der Waals surface area (Å²) in [6.07, 6.45) is 5.37. The van der Waals surface area contributed by atoms with Crippen LogP contribution in [0.3, 0.4) is 0 Å². The third-order valence-corrected chi connectivity index (χ3v) is 5.52. The summed E-state index contributed by atoms with van der Waals surface area (Å²) in [6.45, 7) is 1.90. The van der Waals surface area contributed by atoms with E-state index in [1.807, 2.05) is 26.2 Å². The van der Waals surface area contributed by atoms with Crippen LogP contribution in [0.2, 0.25) is 0 Å². The highest BCUT2D eigenvalue weighted by molar-refractivity contribution is 7.92. The summed E-state index contributed by atoms with van der Waals surface area (Å²) >= 11 is 0. The molecule has 0 bridgehead atoms. The molecule has 0 saturated heterocycles. The van der Waals surface area contributed by atoms with Crippen molar-refractivity contribution in [1.29, 1.82) is 0 Å². The van der Waals surface area contributed by atoms with Gasteiger partial charge in [0.15, 0.2) is 0 Å². The molecule has 0 aliphatic carbocycles. The van der Waals surface area contributed by atoms with E-state index < -0.39 is 10.0 Å². The van der Waals surface area contributed by atoms with Gasteiger partial charge in [-0.3, -0.25) is 14.4 Å². The van der Waals surface area contributed by atoms with E-state index in [1.165, 1.54) is 0 Å². The maximum absolute atomic E-state index is 12.6. The monoisotopic (exact) mass is 379 g/mol. The van der Waals surface area contributed by atoms with Crippen molar-refractivity contribution >= 4 is 26.9 Å². The van der Waals surface area contributed by atoms with Gasteiger partial charge in [0.1, 0.15) is 5.82 Å². The highest BCUT2D eigenvalue weighted by Gasteiger charge is 2.15. The molecule has 4 aromatic rings. The van der Waals surface area contributed by atoms with Crippen LogP contribution in [0.4, 0.5) is 5.82 Å². The molecule has 136 valence electrons. The predicted octanol–water partition coefficient (Wildman–Crippen LogP) is 3.14. The lowest BCUT2D eigenvalue weighted by atomic mass is 10.1. The molecule has 0 atom stereocenters.